The minimum absolute atomic E-state index is 0.0817. The van der Waals surface area contributed by atoms with Gasteiger partial charge in [0.15, 0.2) is 23.0 Å². The quantitative estimate of drug-likeness (QED) is 0.330. The number of thioether (sulfide) groups is 1. The Morgan fingerprint density at radius 3 is 2.52 bits per heavy atom. The highest BCUT2D eigenvalue weighted by Gasteiger charge is 2.47. The molecule has 0 spiro atoms. The number of hydrogen-bond acceptors (Lipinski definition) is 9. The number of methoxy groups -OCH3 is 3. The highest BCUT2D eigenvalue weighted by molar-refractivity contribution is 7.97. The fourth-order valence-corrected chi connectivity index (χ4v) is 7.02. The lowest BCUT2D eigenvalue weighted by atomic mass is 9.83. The normalized spacial score (nSPS) is 19.2. The van der Waals surface area contributed by atoms with E-state index in [4.69, 9.17) is 28.4 Å². The number of halogens is 1. The van der Waals surface area contributed by atoms with Gasteiger partial charge in [0.05, 0.1) is 27.4 Å². The lowest BCUT2D eigenvalue weighted by molar-refractivity contribution is 0.00870. The molecule has 0 saturated carbocycles. The van der Waals surface area contributed by atoms with E-state index < -0.39 is 12.1 Å². The Morgan fingerprint density at radius 1 is 1.00 bits per heavy atom. The van der Waals surface area contributed by atoms with Gasteiger partial charge in [0.25, 0.3) is 0 Å². The third-order valence-electron chi connectivity index (χ3n) is 7.79. The number of benzene rings is 3. The highest BCUT2D eigenvalue weighted by atomic mass is 32.2. The van der Waals surface area contributed by atoms with Crippen LogP contribution in [0, 0.1) is 5.82 Å². The second kappa shape index (κ2) is 10.7. The summed E-state index contributed by atoms with van der Waals surface area (Å²) >= 11 is 1.61. The van der Waals surface area contributed by atoms with Crippen LogP contribution in [0.15, 0.2) is 36.4 Å². The standard InChI is InChI=1S/C30H30FNO7S/c1-32-12-11-17-19(14-40-13-16-7-5-6-8-20(16)31)26-29(38-15-37-26)28(36-4)22(17)24(32)25-18-9-10-21(34-2)27(35-3)23(18)30(33)39-25/h5-10,24-25H,11-15H2,1-4H3/t24-,25+/m1/s1. The average Bonchev–Trinajstić information content (AvgIpc) is 3.58. The molecule has 10 heteroatoms. The molecule has 0 fully saturated rings. The summed E-state index contributed by atoms with van der Waals surface area (Å²) in [5.74, 6) is 3.03. The van der Waals surface area contributed by atoms with E-state index >= 15 is 0 Å². The molecule has 3 aromatic carbocycles. The van der Waals surface area contributed by atoms with Crippen LogP contribution in [-0.4, -0.2) is 52.6 Å². The maximum Gasteiger partial charge on any atom is 0.343 e. The van der Waals surface area contributed by atoms with E-state index in [9.17, 15) is 9.18 Å². The van der Waals surface area contributed by atoms with Crippen molar-refractivity contribution in [2.75, 3.05) is 41.7 Å². The Kier molecular flexibility index (Phi) is 7.14. The van der Waals surface area contributed by atoms with Crippen LogP contribution in [0.1, 0.15) is 50.3 Å². The molecule has 0 bridgehead atoms. The van der Waals surface area contributed by atoms with E-state index in [1.54, 1.807) is 37.1 Å². The molecule has 0 amide bonds. The number of carbonyl (C=O) groups excluding carboxylic acids is 1. The van der Waals surface area contributed by atoms with E-state index in [2.05, 4.69) is 4.90 Å². The number of esters is 1. The summed E-state index contributed by atoms with van der Waals surface area (Å²) in [6.45, 7) is 0.806. The van der Waals surface area contributed by atoms with Gasteiger partial charge in [-0.2, -0.15) is 11.8 Å². The first-order chi connectivity index (χ1) is 19.5. The van der Waals surface area contributed by atoms with Crippen molar-refractivity contribution in [3.63, 3.8) is 0 Å². The number of fused-ring (bicyclic) bond motifs is 3. The second-order valence-electron chi connectivity index (χ2n) is 9.82. The first-order valence-corrected chi connectivity index (χ1v) is 14.1. The van der Waals surface area contributed by atoms with E-state index in [0.29, 0.717) is 51.4 Å². The van der Waals surface area contributed by atoms with Crippen LogP contribution in [0.4, 0.5) is 4.39 Å². The number of likely N-dealkylation sites (N-methyl/N-ethyl adjacent to an activating group) is 1. The molecule has 3 aliphatic rings. The molecule has 40 heavy (non-hydrogen) atoms. The number of cyclic esters (lactones) is 1. The molecule has 3 heterocycles. The predicted octanol–water partition coefficient (Wildman–Crippen LogP) is 5.45. The Labute approximate surface area is 236 Å². The summed E-state index contributed by atoms with van der Waals surface area (Å²) in [4.78, 5) is 15.4. The van der Waals surface area contributed by atoms with Gasteiger partial charge in [0.2, 0.25) is 12.5 Å². The van der Waals surface area contributed by atoms with E-state index in [1.807, 2.05) is 19.2 Å². The number of nitrogens with zero attached hydrogens (tertiary/aromatic N) is 1. The van der Waals surface area contributed by atoms with Gasteiger partial charge in [-0.05, 0) is 36.7 Å². The summed E-state index contributed by atoms with van der Waals surface area (Å²) < 4.78 is 49.2. The van der Waals surface area contributed by atoms with E-state index in [-0.39, 0.29) is 18.7 Å². The molecular formula is C30H30FNO7S. The fourth-order valence-electron chi connectivity index (χ4n) is 5.95. The van der Waals surface area contributed by atoms with Gasteiger partial charge < -0.3 is 28.4 Å². The zero-order valence-corrected chi connectivity index (χ0v) is 23.6. The highest BCUT2D eigenvalue weighted by Crippen LogP contribution is 2.57. The zero-order valence-electron chi connectivity index (χ0n) is 22.7. The molecule has 0 N–H and O–H groups in total. The van der Waals surface area contributed by atoms with Crippen molar-refractivity contribution in [2.24, 2.45) is 0 Å². The van der Waals surface area contributed by atoms with Crippen molar-refractivity contribution in [1.29, 1.82) is 0 Å². The summed E-state index contributed by atoms with van der Waals surface area (Å²) in [6, 6.07) is 10.1. The molecule has 3 aromatic rings. The molecule has 0 saturated heterocycles. The Hall–Kier alpha value is -3.63. The monoisotopic (exact) mass is 567 g/mol. The maximum absolute atomic E-state index is 14.3. The zero-order chi connectivity index (χ0) is 28.0. The molecule has 0 aromatic heterocycles. The number of ether oxygens (including phenoxy) is 6. The lowest BCUT2D eigenvalue weighted by Crippen LogP contribution is -2.37. The van der Waals surface area contributed by atoms with Crippen LogP contribution in [-0.2, 0) is 22.7 Å². The van der Waals surface area contributed by atoms with Gasteiger partial charge in [-0.15, -0.1) is 0 Å². The van der Waals surface area contributed by atoms with Crippen LogP contribution in [0.5, 0.6) is 28.7 Å². The number of carbonyl (C=O) groups is 1. The van der Waals surface area contributed by atoms with Crippen molar-refractivity contribution in [2.45, 2.75) is 30.1 Å². The molecule has 8 nitrogen and oxygen atoms in total. The third-order valence-corrected chi connectivity index (χ3v) is 8.80. The van der Waals surface area contributed by atoms with Crippen LogP contribution in [0.3, 0.4) is 0 Å². The van der Waals surface area contributed by atoms with Crippen molar-refractivity contribution >= 4 is 17.7 Å². The second-order valence-corrected chi connectivity index (χ2v) is 10.8. The first-order valence-electron chi connectivity index (χ1n) is 13.0. The van der Waals surface area contributed by atoms with Gasteiger partial charge in [0.1, 0.15) is 17.5 Å². The predicted molar refractivity (Wildman–Crippen MR) is 147 cm³/mol. The number of hydrogen-bond donors (Lipinski definition) is 0. The molecule has 0 unspecified atom stereocenters. The van der Waals surface area contributed by atoms with Gasteiger partial charge in [-0.3, -0.25) is 4.90 Å². The van der Waals surface area contributed by atoms with Crippen LogP contribution >= 0.6 is 11.8 Å². The largest absolute Gasteiger partial charge is 0.493 e. The van der Waals surface area contributed by atoms with Crippen molar-refractivity contribution in [3.05, 3.63) is 75.6 Å². The molecule has 210 valence electrons. The average molecular weight is 568 g/mol. The molecule has 3 aliphatic heterocycles. The van der Waals surface area contributed by atoms with Crippen molar-refractivity contribution < 1.29 is 37.6 Å². The minimum Gasteiger partial charge on any atom is -0.493 e. The van der Waals surface area contributed by atoms with E-state index in [0.717, 1.165) is 35.2 Å². The minimum atomic E-state index is -0.612. The summed E-state index contributed by atoms with van der Waals surface area (Å²) in [7, 11) is 6.66. The molecule has 2 atom stereocenters. The third kappa shape index (κ3) is 4.21. The fraction of sp³-hybridized carbons (Fsp3) is 0.367. The summed E-state index contributed by atoms with van der Waals surface area (Å²) in [5.41, 5.74) is 4.73. The molecule has 0 aliphatic carbocycles. The smallest absolute Gasteiger partial charge is 0.343 e. The lowest BCUT2D eigenvalue weighted by Gasteiger charge is -2.39. The van der Waals surface area contributed by atoms with Gasteiger partial charge in [-0.1, -0.05) is 24.3 Å². The van der Waals surface area contributed by atoms with Crippen molar-refractivity contribution in [3.8, 4) is 28.7 Å². The summed E-state index contributed by atoms with van der Waals surface area (Å²) in [6.07, 6.45) is 0.129. The molecule has 0 radical (unpaired) electrons. The van der Waals surface area contributed by atoms with Crippen LogP contribution < -0.4 is 23.7 Å². The van der Waals surface area contributed by atoms with E-state index in [1.165, 1.54) is 20.3 Å². The first kappa shape index (κ1) is 26.6. The van der Waals surface area contributed by atoms with Gasteiger partial charge >= 0.3 is 5.97 Å². The van der Waals surface area contributed by atoms with Gasteiger partial charge in [-0.25, -0.2) is 9.18 Å². The molecular weight excluding hydrogens is 537 g/mol. The maximum atomic E-state index is 14.3. The summed E-state index contributed by atoms with van der Waals surface area (Å²) in [5, 5.41) is 0. The Morgan fingerprint density at radius 2 is 1.77 bits per heavy atom. The van der Waals surface area contributed by atoms with Crippen LogP contribution in [0.2, 0.25) is 0 Å². The number of rotatable bonds is 8. The van der Waals surface area contributed by atoms with Crippen molar-refractivity contribution in [1.82, 2.24) is 4.90 Å². The van der Waals surface area contributed by atoms with Gasteiger partial charge in [0, 0.05) is 34.7 Å². The van der Waals surface area contributed by atoms with Crippen LogP contribution in [0.25, 0.3) is 0 Å². The molecule has 6 rings (SSSR count). The topological polar surface area (TPSA) is 75.7 Å². The Balaban J connectivity index is 1.44. The SMILES string of the molecule is COc1ccc2c(c1OC)C(=O)O[C@@H]2[C@H]1c2c(c(CSCc3ccccc3F)c3c(c2OC)OCO3)CCN1C. The Bertz CT molecular complexity index is 1480.